The van der Waals surface area contributed by atoms with Crippen LogP contribution in [0.1, 0.15) is 25.3 Å². The Hall–Kier alpha value is -3.03. The Bertz CT molecular complexity index is 916. The highest BCUT2D eigenvalue weighted by atomic mass is 16.2. The molecule has 27 heavy (non-hydrogen) atoms. The second-order valence-corrected chi connectivity index (χ2v) is 6.72. The Morgan fingerprint density at radius 1 is 1.07 bits per heavy atom. The zero-order valence-corrected chi connectivity index (χ0v) is 15.5. The van der Waals surface area contributed by atoms with Crippen molar-refractivity contribution in [3.05, 3.63) is 42.2 Å². The minimum Gasteiger partial charge on any atom is -0.351 e. The number of hydrogen-bond acceptors (Lipinski definition) is 6. The molecule has 1 saturated heterocycles. The first-order valence-corrected chi connectivity index (χ1v) is 9.37. The van der Waals surface area contributed by atoms with Crippen LogP contribution in [0.4, 0.5) is 5.82 Å². The fraction of sp³-hybridized carbons (Fsp3) is 0.421. The van der Waals surface area contributed by atoms with Crippen LogP contribution in [-0.2, 0) is 11.3 Å². The minimum atomic E-state index is 0.235. The van der Waals surface area contributed by atoms with E-state index in [1.165, 1.54) is 0 Å². The first kappa shape index (κ1) is 17.4. The predicted octanol–water partition coefficient (Wildman–Crippen LogP) is 1.72. The van der Waals surface area contributed by atoms with Crippen molar-refractivity contribution in [1.82, 2.24) is 29.9 Å². The molecule has 8 heteroatoms. The lowest BCUT2D eigenvalue weighted by Crippen LogP contribution is -2.49. The van der Waals surface area contributed by atoms with Gasteiger partial charge in [0.05, 0.1) is 6.54 Å². The van der Waals surface area contributed by atoms with E-state index in [1.807, 2.05) is 30.0 Å². The molecule has 0 aliphatic carbocycles. The number of carbonyl (C=O) groups is 1. The van der Waals surface area contributed by atoms with Crippen LogP contribution >= 0.6 is 0 Å². The van der Waals surface area contributed by atoms with E-state index >= 15 is 0 Å². The molecular formula is C19H23N7O. The van der Waals surface area contributed by atoms with Crippen LogP contribution in [0.3, 0.4) is 0 Å². The number of piperazine rings is 1. The third-order valence-corrected chi connectivity index (χ3v) is 4.85. The second kappa shape index (κ2) is 7.69. The molecular weight excluding hydrogens is 342 g/mol. The lowest BCUT2D eigenvalue weighted by molar-refractivity contribution is -0.131. The summed E-state index contributed by atoms with van der Waals surface area (Å²) in [6, 6.07) is 10.1. The summed E-state index contributed by atoms with van der Waals surface area (Å²) < 4.78 is 1.80. The van der Waals surface area contributed by atoms with Gasteiger partial charge in [-0.1, -0.05) is 42.5 Å². The average molecular weight is 365 g/mol. The number of anilines is 1. The van der Waals surface area contributed by atoms with Gasteiger partial charge in [0, 0.05) is 32.6 Å². The molecule has 0 saturated carbocycles. The number of hydrogen-bond donors (Lipinski definition) is 0. The van der Waals surface area contributed by atoms with E-state index < -0.39 is 0 Å². The zero-order chi connectivity index (χ0) is 18.6. The quantitative estimate of drug-likeness (QED) is 0.685. The van der Waals surface area contributed by atoms with Crippen LogP contribution in [0, 0.1) is 0 Å². The van der Waals surface area contributed by atoms with Gasteiger partial charge < -0.3 is 9.80 Å². The first-order valence-electron chi connectivity index (χ1n) is 9.37. The number of amides is 1. The summed E-state index contributed by atoms with van der Waals surface area (Å²) in [5.74, 6) is 1.03. The molecule has 8 nitrogen and oxygen atoms in total. The maximum atomic E-state index is 12.1. The molecule has 1 aliphatic heterocycles. The van der Waals surface area contributed by atoms with Gasteiger partial charge in [-0.3, -0.25) is 4.79 Å². The Kier molecular flexibility index (Phi) is 4.95. The van der Waals surface area contributed by atoms with Gasteiger partial charge in [-0.25, -0.2) is 14.6 Å². The monoisotopic (exact) mass is 365 g/mol. The highest BCUT2D eigenvalue weighted by Gasteiger charge is 2.24. The maximum Gasteiger partial charge on any atom is 0.222 e. The topological polar surface area (TPSA) is 80.0 Å². The van der Waals surface area contributed by atoms with E-state index in [0.717, 1.165) is 36.5 Å². The third-order valence-electron chi connectivity index (χ3n) is 4.85. The van der Waals surface area contributed by atoms with Gasteiger partial charge in [-0.05, 0) is 12.0 Å². The van der Waals surface area contributed by atoms with Crippen molar-refractivity contribution in [2.75, 3.05) is 31.1 Å². The summed E-state index contributed by atoms with van der Waals surface area (Å²) in [6.07, 6.45) is 3.07. The van der Waals surface area contributed by atoms with Gasteiger partial charge in [0.2, 0.25) is 5.91 Å². The number of fused-ring (bicyclic) bond motifs is 1. The first-order chi connectivity index (χ1) is 13.3. The van der Waals surface area contributed by atoms with E-state index in [4.69, 9.17) is 0 Å². The Morgan fingerprint density at radius 3 is 2.59 bits per heavy atom. The van der Waals surface area contributed by atoms with Crippen molar-refractivity contribution < 1.29 is 4.79 Å². The Labute approximate surface area is 157 Å². The van der Waals surface area contributed by atoms with Crippen LogP contribution in [-0.4, -0.2) is 61.9 Å². The van der Waals surface area contributed by atoms with E-state index in [1.54, 1.807) is 11.0 Å². The molecule has 3 heterocycles. The van der Waals surface area contributed by atoms with Crippen LogP contribution < -0.4 is 4.90 Å². The number of rotatable bonds is 5. The van der Waals surface area contributed by atoms with Crippen LogP contribution in [0.25, 0.3) is 11.2 Å². The van der Waals surface area contributed by atoms with Gasteiger partial charge in [0.25, 0.3) is 0 Å². The normalized spacial score (nSPS) is 14.7. The fourth-order valence-electron chi connectivity index (χ4n) is 3.41. The summed E-state index contributed by atoms with van der Waals surface area (Å²) in [6.45, 7) is 5.56. The molecule has 140 valence electrons. The summed E-state index contributed by atoms with van der Waals surface area (Å²) >= 11 is 0. The number of nitrogens with zero attached hydrogens (tertiary/aromatic N) is 7. The predicted molar refractivity (Wildman–Crippen MR) is 102 cm³/mol. The summed E-state index contributed by atoms with van der Waals surface area (Å²) in [5, 5.41) is 8.63. The maximum absolute atomic E-state index is 12.1. The van der Waals surface area contributed by atoms with Gasteiger partial charge in [-0.15, -0.1) is 5.10 Å². The Balaban J connectivity index is 1.53. The Morgan fingerprint density at radius 2 is 1.85 bits per heavy atom. The SMILES string of the molecule is CCCC(=O)N1CCN(c2ncnc3c2nnn3Cc2ccccc2)CC1. The number of aromatic nitrogens is 5. The number of benzene rings is 1. The minimum absolute atomic E-state index is 0.235. The van der Waals surface area contributed by atoms with Gasteiger partial charge >= 0.3 is 0 Å². The summed E-state index contributed by atoms with van der Waals surface area (Å²) in [4.78, 5) is 25.0. The summed E-state index contributed by atoms with van der Waals surface area (Å²) in [5.41, 5.74) is 2.59. The molecule has 1 aromatic carbocycles. The molecule has 3 aromatic rings. The van der Waals surface area contributed by atoms with Gasteiger partial charge in [-0.2, -0.15) is 0 Å². The van der Waals surface area contributed by atoms with Gasteiger partial charge in [0.1, 0.15) is 6.33 Å². The average Bonchev–Trinajstić information content (AvgIpc) is 3.12. The molecule has 0 atom stereocenters. The van der Waals surface area contributed by atoms with E-state index in [-0.39, 0.29) is 5.91 Å². The van der Waals surface area contributed by atoms with Crippen molar-refractivity contribution >= 4 is 22.9 Å². The molecule has 0 bridgehead atoms. The van der Waals surface area contributed by atoms with Crippen LogP contribution in [0.15, 0.2) is 36.7 Å². The highest BCUT2D eigenvalue weighted by Crippen LogP contribution is 2.22. The molecule has 0 spiro atoms. The zero-order valence-electron chi connectivity index (χ0n) is 15.5. The lowest BCUT2D eigenvalue weighted by Gasteiger charge is -2.35. The largest absolute Gasteiger partial charge is 0.351 e. The standard InChI is InChI=1S/C19H23N7O/c1-2-6-16(27)24-9-11-25(12-10-24)18-17-19(21-14-20-18)26(23-22-17)13-15-7-4-3-5-8-15/h3-5,7-8,14H,2,6,9-13H2,1H3. The van der Waals surface area contributed by atoms with Crippen molar-refractivity contribution in [1.29, 1.82) is 0 Å². The van der Waals surface area contributed by atoms with Crippen molar-refractivity contribution in [2.45, 2.75) is 26.3 Å². The molecule has 4 rings (SSSR count). The molecule has 0 radical (unpaired) electrons. The highest BCUT2D eigenvalue weighted by molar-refractivity contribution is 5.83. The van der Waals surface area contributed by atoms with Crippen molar-refractivity contribution in [3.8, 4) is 0 Å². The van der Waals surface area contributed by atoms with Crippen molar-refractivity contribution in [2.24, 2.45) is 0 Å². The molecule has 0 N–H and O–H groups in total. The molecule has 0 unspecified atom stereocenters. The summed E-state index contributed by atoms with van der Waals surface area (Å²) in [7, 11) is 0. The molecule has 1 aliphatic rings. The van der Waals surface area contributed by atoms with Crippen LogP contribution in [0.5, 0.6) is 0 Å². The molecule has 1 amide bonds. The molecule has 2 aromatic heterocycles. The van der Waals surface area contributed by atoms with Gasteiger partial charge in [0.15, 0.2) is 17.0 Å². The lowest BCUT2D eigenvalue weighted by atomic mass is 10.2. The second-order valence-electron chi connectivity index (χ2n) is 6.72. The third kappa shape index (κ3) is 3.60. The number of carbonyl (C=O) groups excluding carboxylic acids is 1. The van der Waals surface area contributed by atoms with E-state index in [9.17, 15) is 4.79 Å². The van der Waals surface area contributed by atoms with Crippen molar-refractivity contribution in [3.63, 3.8) is 0 Å². The fourth-order valence-corrected chi connectivity index (χ4v) is 3.41. The van der Waals surface area contributed by atoms with Crippen LogP contribution in [0.2, 0.25) is 0 Å². The molecule has 1 fully saturated rings. The van der Waals surface area contributed by atoms with E-state index in [2.05, 4.69) is 37.3 Å². The smallest absolute Gasteiger partial charge is 0.222 e. The van der Waals surface area contributed by atoms with E-state index in [0.29, 0.717) is 31.6 Å².